The largest absolute Gasteiger partial charge is 0.335 e. The van der Waals surface area contributed by atoms with Gasteiger partial charge >= 0.3 is 0 Å². The average Bonchev–Trinajstić information content (AvgIpc) is 3.33. The lowest BCUT2D eigenvalue weighted by molar-refractivity contribution is 0.589. The van der Waals surface area contributed by atoms with Gasteiger partial charge in [-0.1, -0.05) is 93.1 Å². The first-order valence-corrected chi connectivity index (χ1v) is 14.8. The zero-order valence-electron chi connectivity index (χ0n) is 25.6. The Morgan fingerprint density at radius 2 is 1.53 bits per heavy atom. The fourth-order valence-corrected chi connectivity index (χ4v) is 6.11. The molecule has 0 bridgehead atoms. The summed E-state index contributed by atoms with van der Waals surface area (Å²) in [5.74, 6) is 2.31. The van der Waals surface area contributed by atoms with Crippen molar-refractivity contribution in [3.8, 4) is 5.69 Å². The molecule has 214 valence electrons. The third kappa shape index (κ3) is 4.63. The fraction of sp³-hybridized carbons (Fsp3) is 0.216. The van der Waals surface area contributed by atoms with E-state index in [-0.39, 0.29) is 11.5 Å². The van der Waals surface area contributed by atoms with Crippen LogP contribution in [0, 0.1) is 20.8 Å². The van der Waals surface area contributed by atoms with Crippen molar-refractivity contribution < 1.29 is 0 Å². The van der Waals surface area contributed by atoms with Gasteiger partial charge in [0, 0.05) is 5.56 Å². The summed E-state index contributed by atoms with van der Waals surface area (Å²) >= 11 is 0. The number of hydrogen-bond acceptors (Lipinski definition) is 4. The molecule has 0 saturated carbocycles. The lowest BCUT2D eigenvalue weighted by Gasteiger charge is -2.42. The molecule has 0 saturated heterocycles. The second kappa shape index (κ2) is 10.1. The molecule has 3 heterocycles. The van der Waals surface area contributed by atoms with Crippen LogP contribution in [0.1, 0.15) is 60.3 Å². The van der Waals surface area contributed by atoms with Crippen LogP contribution in [-0.2, 0) is 5.41 Å². The number of aryl methyl sites for hydroxylation is 3. The second-order valence-corrected chi connectivity index (χ2v) is 12.5. The van der Waals surface area contributed by atoms with Crippen molar-refractivity contribution in [1.29, 1.82) is 0 Å². The highest BCUT2D eigenvalue weighted by Gasteiger charge is 2.42. The zero-order chi connectivity index (χ0) is 29.9. The number of rotatable bonds is 3. The third-order valence-corrected chi connectivity index (χ3v) is 8.36. The molecule has 0 amide bonds. The summed E-state index contributed by atoms with van der Waals surface area (Å²) in [6.45, 7) is 13.1. The summed E-state index contributed by atoms with van der Waals surface area (Å²) in [5.41, 5.74) is 10.9. The van der Waals surface area contributed by atoms with Crippen molar-refractivity contribution >= 4 is 34.6 Å². The maximum absolute atomic E-state index is 5.37. The predicted molar refractivity (Wildman–Crippen MR) is 178 cm³/mol. The van der Waals surface area contributed by atoms with Crippen LogP contribution in [0.4, 0.5) is 22.9 Å². The highest BCUT2D eigenvalue weighted by Crippen LogP contribution is 2.48. The molecule has 2 aliphatic heterocycles. The Morgan fingerprint density at radius 3 is 2.26 bits per heavy atom. The summed E-state index contributed by atoms with van der Waals surface area (Å²) in [6, 6.07) is 33.9. The molecular weight excluding hydrogens is 528 g/mol. The molecule has 6 heteroatoms. The van der Waals surface area contributed by atoms with Crippen molar-refractivity contribution in [1.82, 2.24) is 9.78 Å². The summed E-state index contributed by atoms with van der Waals surface area (Å²) in [6.07, 6.45) is 0. The molecule has 0 unspecified atom stereocenters. The Balaban J connectivity index is 1.51. The van der Waals surface area contributed by atoms with Gasteiger partial charge < -0.3 is 10.2 Å². The van der Waals surface area contributed by atoms with Crippen LogP contribution in [0.25, 0.3) is 5.69 Å². The van der Waals surface area contributed by atoms with E-state index in [1.807, 2.05) is 22.9 Å². The summed E-state index contributed by atoms with van der Waals surface area (Å²) < 4.78 is 1.97. The molecule has 0 fully saturated rings. The monoisotopic (exact) mass is 564 g/mol. The van der Waals surface area contributed by atoms with E-state index in [2.05, 4.69) is 131 Å². The minimum Gasteiger partial charge on any atom is -0.335 e. The van der Waals surface area contributed by atoms with E-state index in [0.29, 0.717) is 5.84 Å². The first kappa shape index (κ1) is 26.9. The van der Waals surface area contributed by atoms with Gasteiger partial charge in [-0.15, -0.1) is 0 Å². The SMILES string of the molecule is Cc1ccc(N=C2Nc3ccccc3N3C2=Nc2c(c(C)nn2-c2ccccc2)[C@H]3c2ccc(C(C)(C)C)cc2)c(C)c1. The van der Waals surface area contributed by atoms with Gasteiger partial charge in [0.15, 0.2) is 17.5 Å². The van der Waals surface area contributed by atoms with Crippen molar-refractivity contribution in [2.45, 2.75) is 53.0 Å². The molecule has 1 aromatic heterocycles. The van der Waals surface area contributed by atoms with Gasteiger partial charge in [0.1, 0.15) is 0 Å². The fourth-order valence-electron chi connectivity index (χ4n) is 6.11. The van der Waals surface area contributed by atoms with Crippen LogP contribution < -0.4 is 10.2 Å². The van der Waals surface area contributed by atoms with Gasteiger partial charge in [-0.05, 0) is 73.2 Å². The number of aliphatic imine (C=N–C) groups is 2. The topological polar surface area (TPSA) is 57.8 Å². The van der Waals surface area contributed by atoms with Crippen LogP contribution in [0.3, 0.4) is 0 Å². The number of anilines is 2. The highest BCUT2D eigenvalue weighted by molar-refractivity contribution is 6.52. The van der Waals surface area contributed by atoms with Gasteiger partial charge in [-0.2, -0.15) is 5.10 Å². The van der Waals surface area contributed by atoms with Crippen LogP contribution in [-0.4, -0.2) is 21.5 Å². The number of amidine groups is 2. The van der Waals surface area contributed by atoms with E-state index in [1.54, 1.807) is 0 Å². The quantitative estimate of drug-likeness (QED) is 0.238. The first-order chi connectivity index (χ1) is 20.7. The van der Waals surface area contributed by atoms with Crippen molar-refractivity contribution in [3.05, 3.63) is 131 Å². The predicted octanol–water partition coefficient (Wildman–Crippen LogP) is 8.89. The minimum atomic E-state index is -0.151. The molecule has 43 heavy (non-hydrogen) atoms. The van der Waals surface area contributed by atoms with Crippen LogP contribution in [0.15, 0.2) is 107 Å². The van der Waals surface area contributed by atoms with E-state index < -0.39 is 0 Å². The zero-order valence-corrected chi connectivity index (χ0v) is 25.6. The van der Waals surface area contributed by atoms with Crippen molar-refractivity contribution in [3.63, 3.8) is 0 Å². The summed E-state index contributed by atoms with van der Waals surface area (Å²) in [4.78, 5) is 12.9. The van der Waals surface area contributed by atoms with Gasteiger partial charge in [0.25, 0.3) is 0 Å². The molecule has 1 atom stereocenters. The number of nitrogens with one attached hydrogen (secondary N) is 1. The van der Waals surface area contributed by atoms with E-state index in [4.69, 9.17) is 15.1 Å². The summed E-state index contributed by atoms with van der Waals surface area (Å²) in [7, 11) is 0. The minimum absolute atomic E-state index is 0.0599. The normalized spacial score (nSPS) is 16.7. The molecule has 4 aromatic carbocycles. The van der Waals surface area contributed by atoms with Crippen LogP contribution in [0.5, 0.6) is 0 Å². The molecule has 0 spiro atoms. The smallest absolute Gasteiger partial charge is 0.179 e. The second-order valence-electron chi connectivity index (χ2n) is 12.5. The summed E-state index contributed by atoms with van der Waals surface area (Å²) in [5, 5.41) is 8.70. The van der Waals surface area contributed by atoms with Gasteiger partial charge in [0.2, 0.25) is 0 Å². The van der Waals surface area contributed by atoms with E-state index in [0.717, 1.165) is 51.2 Å². The number of hydrogen-bond donors (Lipinski definition) is 1. The molecule has 0 aliphatic carbocycles. The first-order valence-electron chi connectivity index (χ1n) is 14.8. The average molecular weight is 565 g/mol. The Morgan fingerprint density at radius 1 is 0.814 bits per heavy atom. The molecule has 0 radical (unpaired) electrons. The maximum Gasteiger partial charge on any atom is 0.179 e. The lowest BCUT2D eigenvalue weighted by Crippen LogP contribution is -2.48. The molecule has 5 aromatic rings. The third-order valence-electron chi connectivity index (χ3n) is 8.36. The van der Waals surface area contributed by atoms with Gasteiger partial charge in [0.05, 0.1) is 34.5 Å². The molecule has 7 rings (SSSR count). The number of benzene rings is 4. The Bertz CT molecular complexity index is 1910. The number of para-hydroxylation sites is 3. The molecule has 6 nitrogen and oxygen atoms in total. The number of aromatic nitrogens is 2. The number of nitrogens with zero attached hydrogens (tertiary/aromatic N) is 5. The standard InChI is InChI=1S/C37H36N6/c1-23-16-21-29(24(2)22-23)38-34-36-40-35-32(25(3)41-43(35)28-12-8-7-9-13-28)33(26-17-19-27(20-18-26)37(4,5)6)42(36)31-15-11-10-14-30(31)39-34/h7-22,33H,1-6H3,(H,38,39)/t33-/m1/s1. The van der Waals surface area contributed by atoms with E-state index in [9.17, 15) is 0 Å². The Kier molecular flexibility index (Phi) is 6.31. The van der Waals surface area contributed by atoms with E-state index in [1.165, 1.54) is 16.7 Å². The molecule has 1 N–H and O–H groups in total. The van der Waals surface area contributed by atoms with Crippen molar-refractivity contribution in [2.75, 3.05) is 10.2 Å². The Labute approximate surface area is 253 Å². The lowest BCUT2D eigenvalue weighted by atomic mass is 9.85. The van der Waals surface area contributed by atoms with Crippen molar-refractivity contribution in [2.24, 2.45) is 9.98 Å². The Hall–Kier alpha value is -4.97. The van der Waals surface area contributed by atoms with E-state index >= 15 is 0 Å². The molecular formula is C37H36N6. The van der Waals surface area contributed by atoms with Crippen LogP contribution >= 0.6 is 0 Å². The van der Waals surface area contributed by atoms with Gasteiger partial charge in [-0.25, -0.2) is 14.7 Å². The highest BCUT2D eigenvalue weighted by atomic mass is 15.4. The molecule has 2 aliphatic rings. The number of fused-ring (bicyclic) bond motifs is 4. The van der Waals surface area contributed by atoms with Crippen LogP contribution in [0.2, 0.25) is 0 Å². The maximum atomic E-state index is 5.37. The van der Waals surface area contributed by atoms with Gasteiger partial charge in [-0.3, -0.25) is 0 Å².